The maximum atomic E-state index is 13.4. The molecule has 0 saturated carbocycles. The summed E-state index contributed by atoms with van der Waals surface area (Å²) in [6.45, 7) is 3.35. The Morgan fingerprint density at radius 2 is 1.71 bits per heavy atom. The quantitative estimate of drug-likeness (QED) is 0.149. The highest BCUT2D eigenvalue weighted by Crippen LogP contribution is 2.42. The number of methoxy groups -OCH3 is 2. The predicted octanol–water partition coefficient (Wildman–Crippen LogP) is 5.30. The first-order chi connectivity index (χ1) is 20.4. The maximum absolute atomic E-state index is 13.4. The zero-order valence-electron chi connectivity index (χ0n) is 23.8. The van der Waals surface area contributed by atoms with Gasteiger partial charge in [0.05, 0.1) is 32.2 Å². The van der Waals surface area contributed by atoms with E-state index in [0.717, 1.165) is 11.1 Å². The molecule has 0 aliphatic carbocycles. The number of aliphatic hydroxyl groups is 1. The Hall–Kier alpha value is -5.05. The second-order valence-electron chi connectivity index (χ2n) is 10.0. The molecule has 1 fully saturated rings. The van der Waals surface area contributed by atoms with E-state index in [-0.39, 0.29) is 11.3 Å². The molecule has 5 rings (SSSR count). The van der Waals surface area contributed by atoms with Gasteiger partial charge in [-0.2, -0.15) is 0 Å². The van der Waals surface area contributed by atoms with Gasteiger partial charge in [-0.3, -0.25) is 9.59 Å². The monoisotopic (exact) mass is 567 g/mol. The minimum absolute atomic E-state index is 0.0171. The molecule has 0 spiro atoms. The van der Waals surface area contributed by atoms with Crippen LogP contribution in [0.5, 0.6) is 17.2 Å². The lowest BCUT2D eigenvalue weighted by atomic mass is 9.95. The van der Waals surface area contributed by atoms with Crippen molar-refractivity contribution in [3.8, 4) is 17.2 Å². The SMILES string of the molecule is COc1ccc([C@H]2/C(=C(\O)c3ccc(OCc4ccccc4C)cc3)C(=O)C(=O)N2CCCn2ccnc2)cc1OC. The first kappa shape index (κ1) is 28.5. The van der Waals surface area contributed by atoms with Crippen LogP contribution in [-0.2, 0) is 22.7 Å². The Balaban J connectivity index is 1.46. The highest BCUT2D eigenvalue weighted by Gasteiger charge is 2.46. The number of nitrogens with zero attached hydrogens (tertiary/aromatic N) is 3. The summed E-state index contributed by atoms with van der Waals surface area (Å²) in [7, 11) is 3.06. The summed E-state index contributed by atoms with van der Waals surface area (Å²) in [6.07, 6.45) is 5.82. The van der Waals surface area contributed by atoms with Crippen molar-refractivity contribution in [3.63, 3.8) is 0 Å². The van der Waals surface area contributed by atoms with Crippen LogP contribution in [0.2, 0.25) is 0 Å². The number of aliphatic hydroxyl groups excluding tert-OH is 1. The van der Waals surface area contributed by atoms with Crippen LogP contribution in [0.3, 0.4) is 0 Å². The number of aromatic nitrogens is 2. The molecule has 216 valence electrons. The number of benzene rings is 3. The molecule has 1 amide bonds. The molecule has 9 nitrogen and oxygen atoms in total. The van der Waals surface area contributed by atoms with E-state index < -0.39 is 17.7 Å². The fourth-order valence-electron chi connectivity index (χ4n) is 5.12. The van der Waals surface area contributed by atoms with Crippen molar-refractivity contribution in [2.45, 2.75) is 32.5 Å². The second-order valence-corrected chi connectivity index (χ2v) is 10.0. The van der Waals surface area contributed by atoms with E-state index in [0.29, 0.717) is 54.5 Å². The number of hydrogen-bond acceptors (Lipinski definition) is 7. The maximum Gasteiger partial charge on any atom is 0.295 e. The molecule has 1 aliphatic heterocycles. The number of rotatable bonds is 11. The predicted molar refractivity (Wildman–Crippen MR) is 157 cm³/mol. The average molecular weight is 568 g/mol. The van der Waals surface area contributed by atoms with Gasteiger partial charge in [0.1, 0.15) is 18.1 Å². The van der Waals surface area contributed by atoms with E-state index in [9.17, 15) is 14.7 Å². The number of ketones is 1. The summed E-state index contributed by atoms with van der Waals surface area (Å²) in [5, 5.41) is 11.5. The highest BCUT2D eigenvalue weighted by atomic mass is 16.5. The van der Waals surface area contributed by atoms with Gasteiger partial charge >= 0.3 is 0 Å². The van der Waals surface area contributed by atoms with Gasteiger partial charge in [0.2, 0.25) is 0 Å². The Bertz CT molecular complexity index is 1590. The molecule has 2 heterocycles. The molecule has 9 heteroatoms. The zero-order chi connectivity index (χ0) is 29.6. The lowest BCUT2D eigenvalue weighted by molar-refractivity contribution is -0.139. The van der Waals surface area contributed by atoms with E-state index in [4.69, 9.17) is 14.2 Å². The van der Waals surface area contributed by atoms with Crippen LogP contribution in [0.4, 0.5) is 0 Å². The topological polar surface area (TPSA) is 103 Å². The summed E-state index contributed by atoms with van der Waals surface area (Å²) < 4.78 is 18.7. The molecule has 1 saturated heterocycles. The molecule has 0 unspecified atom stereocenters. The molecule has 3 aromatic carbocycles. The van der Waals surface area contributed by atoms with Gasteiger partial charge in [-0.25, -0.2) is 4.98 Å². The number of carbonyl (C=O) groups excluding carboxylic acids is 2. The van der Waals surface area contributed by atoms with Crippen LogP contribution in [-0.4, -0.2) is 52.0 Å². The Labute approximate surface area is 244 Å². The number of carbonyl (C=O) groups is 2. The fraction of sp³-hybridized carbons (Fsp3) is 0.242. The van der Waals surface area contributed by atoms with Gasteiger partial charge in [0.25, 0.3) is 11.7 Å². The molecule has 1 N–H and O–H groups in total. The number of aryl methyl sites for hydroxylation is 2. The minimum atomic E-state index is -0.815. The normalized spacial score (nSPS) is 16.1. The largest absolute Gasteiger partial charge is 0.507 e. The fourth-order valence-corrected chi connectivity index (χ4v) is 5.12. The van der Waals surface area contributed by atoms with E-state index in [1.807, 2.05) is 42.0 Å². The van der Waals surface area contributed by atoms with Gasteiger partial charge < -0.3 is 28.8 Å². The van der Waals surface area contributed by atoms with Crippen molar-refractivity contribution in [2.24, 2.45) is 0 Å². The van der Waals surface area contributed by atoms with E-state index in [1.165, 1.54) is 19.1 Å². The third kappa shape index (κ3) is 5.85. The van der Waals surface area contributed by atoms with Gasteiger partial charge in [-0.05, 0) is 66.4 Å². The lowest BCUT2D eigenvalue weighted by Crippen LogP contribution is -2.31. The van der Waals surface area contributed by atoms with Crippen molar-refractivity contribution in [1.82, 2.24) is 14.5 Å². The molecule has 1 aliphatic rings. The summed E-state index contributed by atoms with van der Waals surface area (Å²) >= 11 is 0. The molecular formula is C33H33N3O6. The van der Waals surface area contributed by atoms with E-state index in [2.05, 4.69) is 4.98 Å². The number of likely N-dealkylation sites (tertiary alicyclic amines) is 1. The smallest absolute Gasteiger partial charge is 0.295 e. The van der Waals surface area contributed by atoms with E-state index >= 15 is 0 Å². The molecule has 1 atom stereocenters. The Morgan fingerprint density at radius 3 is 2.40 bits per heavy atom. The summed E-state index contributed by atoms with van der Waals surface area (Å²) in [4.78, 5) is 32.3. The zero-order valence-corrected chi connectivity index (χ0v) is 23.8. The van der Waals surface area contributed by atoms with Crippen LogP contribution in [0.15, 0.2) is 91.0 Å². The van der Waals surface area contributed by atoms with E-state index in [1.54, 1.807) is 55.0 Å². The summed E-state index contributed by atoms with van der Waals surface area (Å²) in [5.41, 5.74) is 3.25. The third-order valence-electron chi connectivity index (χ3n) is 7.42. The van der Waals surface area contributed by atoms with Gasteiger partial charge in [-0.1, -0.05) is 30.3 Å². The van der Waals surface area contributed by atoms with Crippen molar-refractivity contribution >= 4 is 17.4 Å². The van der Waals surface area contributed by atoms with Crippen molar-refractivity contribution in [2.75, 3.05) is 20.8 Å². The molecule has 0 bridgehead atoms. The molecule has 0 radical (unpaired) electrons. The number of hydrogen-bond donors (Lipinski definition) is 1. The van der Waals surface area contributed by atoms with Crippen molar-refractivity contribution in [3.05, 3.63) is 113 Å². The minimum Gasteiger partial charge on any atom is -0.507 e. The van der Waals surface area contributed by atoms with Crippen LogP contribution >= 0.6 is 0 Å². The Kier molecular flexibility index (Phi) is 8.57. The third-order valence-corrected chi connectivity index (χ3v) is 7.42. The molecule has 1 aromatic heterocycles. The highest BCUT2D eigenvalue weighted by molar-refractivity contribution is 6.46. The number of ether oxygens (including phenoxy) is 3. The summed E-state index contributed by atoms with van der Waals surface area (Å²) in [5.74, 6) is -0.0782. The van der Waals surface area contributed by atoms with Crippen molar-refractivity contribution < 1.29 is 28.9 Å². The van der Waals surface area contributed by atoms with Gasteiger partial charge in [0, 0.05) is 31.0 Å². The van der Waals surface area contributed by atoms with Crippen LogP contribution in [0, 0.1) is 6.92 Å². The van der Waals surface area contributed by atoms with Gasteiger partial charge in [-0.15, -0.1) is 0 Å². The standard InChI is InChI=1S/C33H33N3O6/c1-22-7-4-5-8-25(22)20-42-26-12-9-23(10-13-26)31(37)29-30(24-11-14-27(40-2)28(19-24)41-3)36(33(39)32(29)38)17-6-16-35-18-15-34-21-35/h4-5,7-15,18-19,21,30,37H,6,16-17,20H2,1-3H3/b31-29+/t30-/m0/s1. The number of amides is 1. The first-order valence-electron chi connectivity index (χ1n) is 13.6. The van der Waals surface area contributed by atoms with Crippen molar-refractivity contribution in [1.29, 1.82) is 0 Å². The van der Waals surface area contributed by atoms with Crippen LogP contribution < -0.4 is 14.2 Å². The second kappa shape index (κ2) is 12.6. The molecule has 4 aromatic rings. The van der Waals surface area contributed by atoms with Gasteiger partial charge in [0.15, 0.2) is 11.5 Å². The summed E-state index contributed by atoms with van der Waals surface area (Å²) in [6, 6.07) is 19.2. The molecular weight excluding hydrogens is 534 g/mol. The van der Waals surface area contributed by atoms with Crippen LogP contribution in [0.1, 0.15) is 34.7 Å². The number of imidazole rings is 1. The Morgan fingerprint density at radius 1 is 0.952 bits per heavy atom. The molecule has 42 heavy (non-hydrogen) atoms. The average Bonchev–Trinajstić information content (AvgIpc) is 3.62. The number of Topliss-reactive ketones (excluding diaryl/α,β-unsaturated/α-hetero) is 1. The van der Waals surface area contributed by atoms with Crippen LogP contribution in [0.25, 0.3) is 5.76 Å². The first-order valence-corrected chi connectivity index (χ1v) is 13.6. The lowest BCUT2D eigenvalue weighted by Gasteiger charge is -2.26.